The van der Waals surface area contributed by atoms with E-state index in [9.17, 15) is 4.79 Å². The van der Waals surface area contributed by atoms with Gasteiger partial charge in [-0.05, 0) is 6.42 Å². The predicted octanol–water partition coefficient (Wildman–Crippen LogP) is 1.83. The first-order chi connectivity index (χ1) is 5.24. The smallest absolute Gasteiger partial charge is 0.194 e. The van der Waals surface area contributed by atoms with Gasteiger partial charge in [0.1, 0.15) is 12.0 Å². The Bertz CT molecular complexity index is 252. The fourth-order valence-electron chi connectivity index (χ4n) is 0.801. The van der Waals surface area contributed by atoms with Crippen molar-refractivity contribution in [1.29, 1.82) is 0 Å². The van der Waals surface area contributed by atoms with Gasteiger partial charge in [-0.3, -0.25) is 4.79 Å². The van der Waals surface area contributed by atoms with Crippen LogP contribution in [0.25, 0.3) is 0 Å². The van der Waals surface area contributed by atoms with Crippen LogP contribution in [-0.2, 0) is 6.42 Å². The number of aromatic nitrogens is 1. The van der Waals surface area contributed by atoms with Crippen molar-refractivity contribution in [2.75, 3.05) is 0 Å². The Morgan fingerprint density at radius 1 is 1.73 bits per heavy atom. The van der Waals surface area contributed by atoms with Gasteiger partial charge in [-0.15, -0.1) is 0 Å². The molecule has 1 rings (SSSR count). The zero-order valence-corrected chi connectivity index (χ0v) is 6.76. The monoisotopic (exact) mass is 153 g/mol. The molecule has 0 unspecified atom stereocenters. The van der Waals surface area contributed by atoms with Crippen molar-refractivity contribution in [3.05, 3.63) is 17.8 Å². The van der Waals surface area contributed by atoms with E-state index >= 15 is 0 Å². The van der Waals surface area contributed by atoms with E-state index in [1.807, 2.05) is 6.92 Å². The molecule has 0 aliphatic carbocycles. The van der Waals surface area contributed by atoms with Crippen LogP contribution >= 0.6 is 0 Å². The molecule has 0 bridgehead atoms. The topological polar surface area (TPSA) is 43.1 Å². The third kappa shape index (κ3) is 1.90. The zero-order chi connectivity index (χ0) is 8.27. The second-order valence-corrected chi connectivity index (χ2v) is 2.43. The van der Waals surface area contributed by atoms with Crippen LogP contribution in [0.3, 0.4) is 0 Å². The number of carbonyl (C=O) groups is 1. The molecule has 3 heteroatoms. The van der Waals surface area contributed by atoms with Gasteiger partial charge in [0.25, 0.3) is 0 Å². The number of carbonyl (C=O) groups excluding carboxylic acids is 1. The number of oxazole rings is 1. The standard InChI is InChI=1S/C8H11NO2/c1-3-4-8-9-7(5-11-8)6(2)10/h5H,3-4H2,1-2H3. The minimum Gasteiger partial charge on any atom is -0.448 e. The lowest BCUT2D eigenvalue weighted by Gasteiger charge is -1.85. The summed E-state index contributed by atoms with van der Waals surface area (Å²) < 4.78 is 5.03. The molecule has 3 nitrogen and oxygen atoms in total. The van der Waals surface area contributed by atoms with E-state index in [0.29, 0.717) is 11.6 Å². The molecule has 60 valence electrons. The van der Waals surface area contributed by atoms with E-state index in [4.69, 9.17) is 4.42 Å². The molecular formula is C8H11NO2. The molecular weight excluding hydrogens is 142 g/mol. The first-order valence-corrected chi connectivity index (χ1v) is 3.69. The number of Topliss-reactive ketones (excluding diaryl/α,β-unsaturated/α-hetero) is 1. The van der Waals surface area contributed by atoms with Gasteiger partial charge < -0.3 is 4.42 Å². The summed E-state index contributed by atoms with van der Waals surface area (Å²) in [7, 11) is 0. The van der Waals surface area contributed by atoms with Crippen LogP contribution in [0.15, 0.2) is 10.7 Å². The lowest BCUT2D eigenvalue weighted by atomic mass is 10.3. The van der Waals surface area contributed by atoms with E-state index < -0.39 is 0 Å². The van der Waals surface area contributed by atoms with Gasteiger partial charge in [0.15, 0.2) is 11.7 Å². The molecule has 0 N–H and O–H groups in total. The summed E-state index contributed by atoms with van der Waals surface area (Å²) in [5.74, 6) is 0.605. The van der Waals surface area contributed by atoms with Gasteiger partial charge in [-0.25, -0.2) is 4.98 Å². The van der Waals surface area contributed by atoms with Gasteiger partial charge in [0.05, 0.1) is 0 Å². The Labute approximate surface area is 65.4 Å². The number of ketones is 1. The molecule has 0 amide bonds. The molecule has 0 saturated carbocycles. The number of hydrogen-bond donors (Lipinski definition) is 0. The number of aryl methyl sites for hydroxylation is 1. The van der Waals surface area contributed by atoms with Gasteiger partial charge in [0, 0.05) is 13.3 Å². The van der Waals surface area contributed by atoms with Crippen molar-refractivity contribution in [2.24, 2.45) is 0 Å². The Kier molecular flexibility index (Phi) is 2.41. The van der Waals surface area contributed by atoms with Crippen LogP contribution in [0.2, 0.25) is 0 Å². The second-order valence-electron chi connectivity index (χ2n) is 2.43. The Morgan fingerprint density at radius 2 is 2.45 bits per heavy atom. The highest BCUT2D eigenvalue weighted by Gasteiger charge is 2.05. The van der Waals surface area contributed by atoms with Gasteiger partial charge in [-0.1, -0.05) is 6.92 Å². The summed E-state index contributed by atoms with van der Waals surface area (Å²) in [6.45, 7) is 3.52. The molecule has 1 aromatic rings. The summed E-state index contributed by atoms with van der Waals surface area (Å²) in [5, 5.41) is 0. The highest BCUT2D eigenvalue weighted by Crippen LogP contribution is 2.04. The largest absolute Gasteiger partial charge is 0.448 e. The normalized spacial score (nSPS) is 10.0. The Morgan fingerprint density at radius 3 is 2.91 bits per heavy atom. The van der Waals surface area contributed by atoms with Crippen LogP contribution in [0, 0.1) is 0 Å². The van der Waals surface area contributed by atoms with Crippen molar-refractivity contribution < 1.29 is 9.21 Å². The Hall–Kier alpha value is -1.12. The van der Waals surface area contributed by atoms with E-state index in [2.05, 4.69) is 4.98 Å². The highest BCUT2D eigenvalue weighted by atomic mass is 16.3. The molecule has 1 aromatic heterocycles. The van der Waals surface area contributed by atoms with Gasteiger partial charge in [0.2, 0.25) is 0 Å². The average Bonchev–Trinajstić information content (AvgIpc) is 2.37. The van der Waals surface area contributed by atoms with Crippen molar-refractivity contribution >= 4 is 5.78 Å². The SMILES string of the molecule is CCCc1nc(C(C)=O)co1. The average molecular weight is 153 g/mol. The van der Waals surface area contributed by atoms with Gasteiger partial charge >= 0.3 is 0 Å². The fraction of sp³-hybridized carbons (Fsp3) is 0.500. The van der Waals surface area contributed by atoms with E-state index in [1.165, 1.54) is 13.2 Å². The number of hydrogen-bond acceptors (Lipinski definition) is 3. The van der Waals surface area contributed by atoms with Crippen LogP contribution in [0.5, 0.6) is 0 Å². The first-order valence-electron chi connectivity index (χ1n) is 3.69. The molecule has 11 heavy (non-hydrogen) atoms. The van der Waals surface area contributed by atoms with E-state index in [-0.39, 0.29) is 5.78 Å². The maximum atomic E-state index is 10.7. The zero-order valence-electron chi connectivity index (χ0n) is 6.76. The molecule has 1 heterocycles. The van der Waals surface area contributed by atoms with Crippen LogP contribution in [0.4, 0.5) is 0 Å². The van der Waals surface area contributed by atoms with Gasteiger partial charge in [-0.2, -0.15) is 0 Å². The fourth-order valence-corrected chi connectivity index (χ4v) is 0.801. The third-order valence-electron chi connectivity index (χ3n) is 1.38. The number of rotatable bonds is 3. The maximum absolute atomic E-state index is 10.7. The van der Waals surface area contributed by atoms with E-state index in [0.717, 1.165) is 12.8 Å². The van der Waals surface area contributed by atoms with Crippen LogP contribution in [0.1, 0.15) is 36.6 Å². The molecule has 0 atom stereocenters. The van der Waals surface area contributed by atoms with Crippen LogP contribution in [-0.4, -0.2) is 10.8 Å². The molecule has 0 radical (unpaired) electrons. The maximum Gasteiger partial charge on any atom is 0.194 e. The summed E-state index contributed by atoms with van der Waals surface area (Å²) in [4.78, 5) is 14.7. The molecule has 0 saturated heterocycles. The van der Waals surface area contributed by atoms with Crippen molar-refractivity contribution in [3.63, 3.8) is 0 Å². The molecule has 0 aliphatic rings. The molecule has 0 spiro atoms. The second kappa shape index (κ2) is 3.32. The third-order valence-corrected chi connectivity index (χ3v) is 1.38. The van der Waals surface area contributed by atoms with Crippen molar-refractivity contribution in [1.82, 2.24) is 4.98 Å². The van der Waals surface area contributed by atoms with Crippen LogP contribution < -0.4 is 0 Å². The Balaban J connectivity index is 2.73. The molecule has 0 aliphatic heterocycles. The predicted molar refractivity (Wildman–Crippen MR) is 40.5 cm³/mol. The van der Waals surface area contributed by atoms with E-state index in [1.54, 1.807) is 0 Å². The first kappa shape index (κ1) is 7.98. The quantitative estimate of drug-likeness (QED) is 0.622. The number of nitrogens with zero attached hydrogens (tertiary/aromatic N) is 1. The molecule has 0 aromatic carbocycles. The summed E-state index contributed by atoms with van der Waals surface area (Å²) in [6.07, 6.45) is 3.19. The van der Waals surface area contributed by atoms with Crippen molar-refractivity contribution in [2.45, 2.75) is 26.7 Å². The summed E-state index contributed by atoms with van der Waals surface area (Å²) in [6, 6.07) is 0. The summed E-state index contributed by atoms with van der Waals surface area (Å²) >= 11 is 0. The lowest BCUT2D eigenvalue weighted by molar-refractivity contribution is 0.101. The van der Waals surface area contributed by atoms with Crippen molar-refractivity contribution in [3.8, 4) is 0 Å². The minimum atomic E-state index is -0.0453. The highest BCUT2D eigenvalue weighted by molar-refractivity contribution is 5.91. The summed E-state index contributed by atoms with van der Waals surface area (Å²) in [5.41, 5.74) is 0.424. The minimum absolute atomic E-state index is 0.0453. The lowest BCUT2D eigenvalue weighted by Crippen LogP contribution is -1.92. The molecule has 0 fully saturated rings.